The Morgan fingerprint density at radius 3 is 2.52 bits per heavy atom. The molecule has 0 aliphatic carbocycles. The van der Waals surface area contributed by atoms with Crippen LogP contribution in [0.15, 0.2) is 55.1 Å². The SMILES string of the molecule is COC(=O)c1cc(OC)cc(Oc2nccnc2-c2cccnc2)c1. The molecule has 0 aliphatic rings. The smallest absolute Gasteiger partial charge is 0.338 e. The second kappa shape index (κ2) is 7.39. The summed E-state index contributed by atoms with van der Waals surface area (Å²) in [6, 6.07) is 8.42. The molecule has 126 valence electrons. The summed E-state index contributed by atoms with van der Waals surface area (Å²) in [4.78, 5) is 24.4. The van der Waals surface area contributed by atoms with Crippen molar-refractivity contribution in [3.63, 3.8) is 0 Å². The lowest BCUT2D eigenvalue weighted by Gasteiger charge is -2.11. The second-order valence-corrected chi connectivity index (χ2v) is 4.94. The van der Waals surface area contributed by atoms with Crippen LogP contribution in [0.25, 0.3) is 11.3 Å². The first kappa shape index (κ1) is 16.4. The fraction of sp³-hybridized carbons (Fsp3) is 0.111. The maximum Gasteiger partial charge on any atom is 0.338 e. The number of hydrogen-bond acceptors (Lipinski definition) is 7. The van der Waals surface area contributed by atoms with E-state index in [0.717, 1.165) is 5.56 Å². The average Bonchev–Trinajstić information content (AvgIpc) is 2.68. The molecule has 7 nitrogen and oxygen atoms in total. The lowest BCUT2D eigenvalue weighted by atomic mass is 10.2. The van der Waals surface area contributed by atoms with E-state index in [-0.39, 0.29) is 0 Å². The van der Waals surface area contributed by atoms with Crippen molar-refractivity contribution in [1.29, 1.82) is 0 Å². The third-order valence-electron chi connectivity index (χ3n) is 3.35. The van der Waals surface area contributed by atoms with E-state index in [1.165, 1.54) is 20.4 Å². The average molecular weight is 337 g/mol. The van der Waals surface area contributed by atoms with Gasteiger partial charge >= 0.3 is 5.97 Å². The van der Waals surface area contributed by atoms with E-state index < -0.39 is 5.97 Å². The number of carbonyl (C=O) groups is 1. The van der Waals surface area contributed by atoms with Crippen LogP contribution in [0.1, 0.15) is 10.4 Å². The summed E-state index contributed by atoms with van der Waals surface area (Å²) in [6.45, 7) is 0. The first-order chi connectivity index (χ1) is 12.2. The van der Waals surface area contributed by atoms with Crippen LogP contribution < -0.4 is 9.47 Å². The van der Waals surface area contributed by atoms with E-state index >= 15 is 0 Å². The van der Waals surface area contributed by atoms with Gasteiger partial charge in [-0.1, -0.05) is 0 Å². The molecule has 0 aliphatic heterocycles. The van der Waals surface area contributed by atoms with Gasteiger partial charge in [0.1, 0.15) is 17.2 Å². The molecule has 0 N–H and O–H groups in total. The van der Waals surface area contributed by atoms with Crippen LogP contribution in [0, 0.1) is 0 Å². The standard InChI is InChI=1S/C18H15N3O4/c1-23-14-8-13(18(22)24-2)9-15(10-14)25-17-16(20-6-7-21-17)12-4-3-5-19-11-12/h3-11H,1-2H3. The molecular weight excluding hydrogens is 322 g/mol. The number of aromatic nitrogens is 3. The minimum absolute atomic E-state index is 0.291. The fourth-order valence-electron chi connectivity index (χ4n) is 2.20. The zero-order valence-corrected chi connectivity index (χ0v) is 13.7. The van der Waals surface area contributed by atoms with Crippen LogP contribution in [0.2, 0.25) is 0 Å². The van der Waals surface area contributed by atoms with E-state index in [4.69, 9.17) is 14.2 Å². The number of nitrogens with zero attached hydrogens (tertiary/aromatic N) is 3. The highest BCUT2D eigenvalue weighted by Crippen LogP contribution is 2.31. The van der Waals surface area contributed by atoms with Gasteiger partial charge in [0, 0.05) is 36.4 Å². The van der Waals surface area contributed by atoms with Crippen molar-refractivity contribution in [2.75, 3.05) is 14.2 Å². The molecule has 0 bridgehead atoms. The molecule has 7 heteroatoms. The maximum atomic E-state index is 11.8. The second-order valence-electron chi connectivity index (χ2n) is 4.94. The molecule has 0 spiro atoms. The molecule has 3 rings (SSSR count). The molecule has 3 aromatic rings. The fourth-order valence-corrected chi connectivity index (χ4v) is 2.20. The highest BCUT2D eigenvalue weighted by Gasteiger charge is 2.14. The van der Waals surface area contributed by atoms with Gasteiger partial charge in [-0.3, -0.25) is 4.98 Å². The van der Waals surface area contributed by atoms with Crippen molar-refractivity contribution < 1.29 is 19.0 Å². The van der Waals surface area contributed by atoms with Gasteiger partial charge in [-0.15, -0.1) is 0 Å². The van der Waals surface area contributed by atoms with Gasteiger partial charge in [0.15, 0.2) is 0 Å². The summed E-state index contributed by atoms with van der Waals surface area (Å²) >= 11 is 0. The number of hydrogen-bond donors (Lipinski definition) is 0. The number of ether oxygens (including phenoxy) is 3. The van der Waals surface area contributed by atoms with Crippen molar-refractivity contribution in [2.24, 2.45) is 0 Å². The maximum absolute atomic E-state index is 11.8. The van der Waals surface area contributed by atoms with Crippen molar-refractivity contribution in [3.8, 4) is 28.6 Å². The van der Waals surface area contributed by atoms with Gasteiger partial charge < -0.3 is 14.2 Å². The molecule has 0 amide bonds. The van der Waals surface area contributed by atoms with Crippen LogP contribution in [-0.2, 0) is 4.74 Å². The molecule has 0 atom stereocenters. The van der Waals surface area contributed by atoms with Crippen molar-refractivity contribution >= 4 is 5.97 Å². The molecule has 2 aromatic heterocycles. The topological polar surface area (TPSA) is 83.4 Å². The van der Waals surface area contributed by atoms with E-state index in [2.05, 4.69) is 15.0 Å². The minimum Gasteiger partial charge on any atom is -0.497 e. The molecule has 0 radical (unpaired) electrons. The summed E-state index contributed by atoms with van der Waals surface area (Å²) < 4.78 is 15.8. The number of rotatable bonds is 5. The summed E-state index contributed by atoms with van der Waals surface area (Å²) in [7, 11) is 2.81. The first-order valence-electron chi connectivity index (χ1n) is 7.38. The Balaban J connectivity index is 2.00. The Kier molecular flexibility index (Phi) is 4.84. The number of methoxy groups -OCH3 is 2. The minimum atomic E-state index is -0.490. The number of esters is 1. The summed E-state index contributed by atoms with van der Waals surface area (Å²) in [6.07, 6.45) is 6.44. The van der Waals surface area contributed by atoms with Crippen LogP contribution >= 0.6 is 0 Å². The summed E-state index contributed by atoms with van der Waals surface area (Å²) in [5.74, 6) is 0.644. The van der Waals surface area contributed by atoms with Crippen LogP contribution in [0.4, 0.5) is 0 Å². The van der Waals surface area contributed by atoms with Gasteiger partial charge in [0.2, 0.25) is 5.88 Å². The third kappa shape index (κ3) is 3.72. The first-order valence-corrected chi connectivity index (χ1v) is 7.38. The largest absolute Gasteiger partial charge is 0.497 e. The van der Waals surface area contributed by atoms with Gasteiger partial charge in [-0.05, 0) is 24.3 Å². The molecule has 1 aromatic carbocycles. The van der Waals surface area contributed by atoms with Crippen molar-refractivity contribution in [1.82, 2.24) is 15.0 Å². The quantitative estimate of drug-likeness (QED) is 0.661. The van der Waals surface area contributed by atoms with Gasteiger partial charge in [-0.2, -0.15) is 0 Å². The van der Waals surface area contributed by atoms with Crippen molar-refractivity contribution in [2.45, 2.75) is 0 Å². The van der Waals surface area contributed by atoms with Crippen LogP contribution in [0.3, 0.4) is 0 Å². The highest BCUT2D eigenvalue weighted by atomic mass is 16.5. The molecular formula is C18H15N3O4. The zero-order chi connectivity index (χ0) is 17.6. The van der Waals surface area contributed by atoms with Gasteiger partial charge in [0.05, 0.1) is 19.8 Å². The summed E-state index contributed by atoms with van der Waals surface area (Å²) in [5.41, 5.74) is 1.61. The Bertz CT molecular complexity index is 884. The third-order valence-corrected chi connectivity index (χ3v) is 3.35. The van der Waals surface area contributed by atoms with E-state index in [1.807, 2.05) is 6.07 Å². The lowest BCUT2D eigenvalue weighted by molar-refractivity contribution is 0.0600. The Labute approximate surface area is 144 Å². The van der Waals surface area contributed by atoms with E-state index in [1.54, 1.807) is 42.9 Å². The molecule has 0 saturated heterocycles. The molecule has 2 heterocycles. The number of carbonyl (C=O) groups excluding carboxylic acids is 1. The van der Waals surface area contributed by atoms with Gasteiger partial charge in [-0.25, -0.2) is 14.8 Å². The van der Waals surface area contributed by atoms with Crippen molar-refractivity contribution in [3.05, 3.63) is 60.7 Å². The predicted octanol–water partition coefficient (Wildman–Crippen LogP) is 3.13. The number of pyridine rings is 1. The molecule has 0 unspecified atom stereocenters. The normalized spacial score (nSPS) is 10.2. The predicted molar refractivity (Wildman–Crippen MR) is 89.7 cm³/mol. The molecule has 25 heavy (non-hydrogen) atoms. The summed E-state index contributed by atoms with van der Waals surface area (Å²) in [5, 5.41) is 0. The van der Waals surface area contributed by atoms with E-state index in [0.29, 0.717) is 28.6 Å². The molecule has 0 fully saturated rings. The van der Waals surface area contributed by atoms with E-state index in [9.17, 15) is 4.79 Å². The lowest BCUT2D eigenvalue weighted by Crippen LogP contribution is -2.02. The van der Waals surface area contributed by atoms with Crippen LogP contribution in [-0.4, -0.2) is 35.1 Å². The Morgan fingerprint density at radius 1 is 1.00 bits per heavy atom. The zero-order valence-electron chi connectivity index (χ0n) is 13.7. The number of benzene rings is 1. The Morgan fingerprint density at radius 2 is 1.80 bits per heavy atom. The Hall–Kier alpha value is -3.48. The van der Waals surface area contributed by atoms with Gasteiger partial charge in [0.25, 0.3) is 0 Å². The molecule has 0 saturated carbocycles. The van der Waals surface area contributed by atoms with Crippen LogP contribution in [0.5, 0.6) is 17.4 Å². The highest BCUT2D eigenvalue weighted by molar-refractivity contribution is 5.90. The monoisotopic (exact) mass is 337 g/mol.